The lowest BCUT2D eigenvalue weighted by Crippen LogP contribution is -2.34. The highest BCUT2D eigenvalue weighted by Crippen LogP contribution is 2.23. The Kier molecular flexibility index (Phi) is 5.61. The number of non-ortho nitro benzene ring substituents is 1. The molecule has 0 aliphatic rings. The average molecular weight is 276 g/mol. The van der Waals surface area contributed by atoms with Gasteiger partial charge in [-0.05, 0) is 5.56 Å². The third kappa shape index (κ3) is 3.76. The Hall–Kier alpha value is -2.47. The summed E-state index contributed by atoms with van der Waals surface area (Å²) in [5, 5.41) is 20.0. The van der Waals surface area contributed by atoms with Crippen LogP contribution in [0.15, 0.2) is 49.6 Å². The molecule has 0 radical (unpaired) electrons. The molecule has 6 heteroatoms. The maximum atomic E-state index is 11.5. The standard InChI is InChI=1S/C14H16N2O4/c1-3-9-15(10-4-2)13(14(17)18)11-5-7-12(8-6-11)16(19)20/h3-8,13H,1-2,9-10H2,(H,17,18). The van der Waals surface area contributed by atoms with Crippen LogP contribution in [0.1, 0.15) is 11.6 Å². The van der Waals surface area contributed by atoms with Crippen molar-refractivity contribution in [2.24, 2.45) is 0 Å². The second-order valence-corrected chi connectivity index (χ2v) is 4.12. The van der Waals surface area contributed by atoms with Crippen LogP contribution in [0.3, 0.4) is 0 Å². The molecule has 0 saturated heterocycles. The molecule has 0 aliphatic heterocycles. The van der Waals surface area contributed by atoms with Gasteiger partial charge in [-0.2, -0.15) is 0 Å². The van der Waals surface area contributed by atoms with Gasteiger partial charge in [-0.15, -0.1) is 13.2 Å². The highest BCUT2D eigenvalue weighted by Gasteiger charge is 2.26. The van der Waals surface area contributed by atoms with Crippen molar-refractivity contribution in [1.82, 2.24) is 4.90 Å². The Morgan fingerprint density at radius 3 is 2.15 bits per heavy atom. The summed E-state index contributed by atoms with van der Waals surface area (Å²) >= 11 is 0. The molecule has 20 heavy (non-hydrogen) atoms. The number of carbonyl (C=O) groups is 1. The smallest absolute Gasteiger partial charge is 0.325 e. The van der Waals surface area contributed by atoms with E-state index in [0.717, 1.165) is 0 Å². The number of benzene rings is 1. The van der Waals surface area contributed by atoms with Crippen molar-refractivity contribution in [1.29, 1.82) is 0 Å². The summed E-state index contributed by atoms with van der Waals surface area (Å²) in [6.45, 7) is 7.94. The Morgan fingerprint density at radius 2 is 1.80 bits per heavy atom. The minimum Gasteiger partial charge on any atom is -0.480 e. The van der Waals surface area contributed by atoms with Crippen LogP contribution in [-0.4, -0.2) is 34.0 Å². The highest BCUT2D eigenvalue weighted by molar-refractivity contribution is 5.75. The third-order valence-electron chi connectivity index (χ3n) is 2.75. The molecule has 0 saturated carbocycles. The van der Waals surface area contributed by atoms with Gasteiger partial charge in [0.2, 0.25) is 0 Å². The Labute approximate surface area is 116 Å². The molecule has 0 bridgehead atoms. The first-order valence-corrected chi connectivity index (χ1v) is 5.94. The summed E-state index contributed by atoms with van der Waals surface area (Å²) < 4.78 is 0. The van der Waals surface area contributed by atoms with E-state index < -0.39 is 16.9 Å². The normalized spacial score (nSPS) is 11.8. The number of hydrogen-bond acceptors (Lipinski definition) is 4. The molecule has 1 aromatic carbocycles. The first-order valence-electron chi connectivity index (χ1n) is 5.94. The number of carboxylic acids is 1. The fraction of sp³-hybridized carbons (Fsp3) is 0.214. The fourth-order valence-corrected chi connectivity index (χ4v) is 1.90. The predicted molar refractivity (Wildman–Crippen MR) is 75.4 cm³/mol. The third-order valence-corrected chi connectivity index (χ3v) is 2.75. The second kappa shape index (κ2) is 7.20. The van der Waals surface area contributed by atoms with Crippen LogP contribution in [0.5, 0.6) is 0 Å². The van der Waals surface area contributed by atoms with E-state index in [1.807, 2.05) is 0 Å². The second-order valence-electron chi connectivity index (χ2n) is 4.12. The van der Waals surface area contributed by atoms with Crippen LogP contribution in [0, 0.1) is 10.1 Å². The molecule has 0 spiro atoms. The first-order chi connectivity index (χ1) is 9.51. The van der Waals surface area contributed by atoms with Crippen LogP contribution in [0.2, 0.25) is 0 Å². The van der Waals surface area contributed by atoms with E-state index in [0.29, 0.717) is 18.7 Å². The number of hydrogen-bond donors (Lipinski definition) is 1. The van der Waals surface area contributed by atoms with Crippen LogP contribution in [0.25, 0.3) is 0 Å². The van der Waals surface area contributed by atoms with Gasteiger partial charge in [0.15, 0.2) is 0 Å². The molecule has 0 aliphatic carbocycles. The van der Waals surface area contributed by atoms with Gasteiger partial charge >= 0.3 is 5.97 Å². The minimum absolute atomic E-state index is 0.0723. The number of nitrogens with zero attached hydrogens (tertiary/aromatic N) is 2. The summed E-state index contributed by atoms with van der Waals surface area (Å²) in [7, 11) is 0. The van der Waals surface area contributed by atoms with Gasteiger partial charge < -0.3 is 5.11 Å². The van der Waals surface area contributed by atoms with Gasteiger partial charge in [0.1, 0.15) is 6.04 Å². The van der Waals surface area contributed by atoms with Crippen LogP contribution >= 0.6 is 0 Å². The molecule has 0 amide bonds. The molecule has 1 rings (SSSR count). The molecular formula is C14H16N2O4. The summed E-state index contributed by atoms with van der Waals surface area (Å²) in [5.74, 6) is -1.03. The Morgan fingerprint density at radius 1 is 1.30 bits per heavy atom. The van der Waals surface area contributed by atoms with E-state index in [1.54, 1.807) is 17.1 Å². The number of nitro groups is 1. The maximum Gasteiger partial charge on any atom is 0.325 e. The first kappa shape index (κ1) is 15.6. The summed E-state index contributed by atoms with van der Waals surface area (Å²) in [4.78, 5) is 23.2. The molecule has 1 unspecified atom stereocenters. The van der Waals surface area contributed by atoms with E-state index in [4.69, 9.17) is 0 Å². The zero-order chi connectivity index (χ0) is 15.1. The molecule has 1 atom stereocenters. The van der Waals surface area contributed by atoms with E-state index in [-0.39, 0.29) is 5.69 Å². The van der Waals surface area contributed by atoms with Gasteiger partial charge in [0, 0.05) is 25.2 Å². The van der Waals surface area contributed by atoms with Crippen molar-refractivity contribution < 1.29 is 14.8 Å². The monoisotopic (exact) mass is 276 g/mol. The van der Waals surface area contributed by atoms with Gasteiger partial charge in [0.25, 0.3) is 5.69 Å². The van der Waals surface area contributed by atoms with E-state index >= 15 is 0 Å². The molecule has 6 nitrogen and oxygen atoms in total. The average Bonchev–Trinajstić information content (AvgIpc) is 2.39. The summed E-state index contributed by atoms with van der Waals surface area (Å²) in [6.07, 6.45) is 3.20. The Bertz CT molecular complexity index is 500. The maximum absolute atomic E-state index is 11.5. The largest absolute Gasteiger partial charge is 0.480 e. The minimum atomic E-state index is -1.03. The zero-order valence-electron chi connectivity index (χ0n) is 10.9. The number of aliphatic carboxylic acids is 1. The molecule has 1 aromatic rings. The lowest BCUT2D eigenvalue weighted by atomic mass is 10.0. The number of nitro benzene ring substituents is 1. The van der Waals surface area contributed by atoms with Gasteiger partial charge in [0.05, 0.1) is 4.92 Å². The summed E-state index contributed by atoms with van der Waals surface area (Å²) in [6, 6.07) is 4.61. The SMILES string of the molecule is C=CCN(CC=C)C(C(=O)O)c1ccc([N+](=O)[O-])cc1. The van der Waals surface area contributed by atoms with E-state index in [1.165, 1.54) is 24.3 Å². The molecule has 1 N–H and O–H groups in total. The van der Waals surface area contributed by atoms with Gasteiger partial charge in [-0.1, -0.05) is 24.3 Å². The van der Waals surface area contributed by atoms with Crippen LogP contribution in [-0.2, 0) is 4.79 Å². The van der Waals surface area contributed by atoms with Crippen molar-refractivity contribution in [3.63, 3.8) is 0 Å². The van der Waals surface area contributed by atoms with Crippen LogP contribution < -0.4 is 0 Å². The van der Waals surface area contributed by atoms with Gasteiger partial charge in [-0.3, -0.25) is 19.8 Å². The molecule has 106 valence electrons. The van der Waals surface area contributed by atoms with Crippen LogP contribution in [0.4, 0.5) is 5.69 Å². The fourth-order valence-electron chi connectivity index (χ4n) is 1.90. The molecule has 0 aromatic heterocycles. The predicted octanol–water partition coefficient (Wildman–Crippen LogP) is 2.39. The summed E-state index contributed by atoms with van der Waals surface area (Å²) in [5.41, 5.74) is 0.406. The highest BCUT2D eigenvalue weighted by atomic mass is 16.6. The van der Waals surface area contributed by atoms with E-state index in [9.17, 15) is 20.0 Å². The topological polar surface area (TPSA) is 83.7 Å². The van der Waals surface area contributed by atoms with Crippen molar-refractivity contribution in [3.8, 4) is 0 Å². The zero-order valence-corrected chi connectivity index (χ0v) is 10.9. The molecule has 0 fully saturated rings. The van der Waals surface area contributed by atoms with Crippen molar-refractivity contribution in [3.05, 3.63) is 65.3 Å². The number of carboxylic acid groups (broad SMARTS) is 1. The van der Waals surface area contributed by atoms with Gasteiger partial charge in [-0.25, -0.2) is 0 Å². The van der Waals surface area contributed by atoms with Crippen molar-refractivity contribution in [2.75, 3.05) is 13.1 Å². The Balaban J connectivity index is 3.11. The lowest BCUT2D eigenvalue weighted by molar-refractivity contribution is -0.384. The molecular weight excluding hydrogens is 260 g/mol. The molecule has 0 heterocycles. The van der Waals surface area contributed by atoms with E-state index in [2.05, 4.69) is 13.2 Å². The van der Waals surface area contributed by atoms with Crippen molar-refractivity contribution >= 4 is 11.7 Å². The van der Waals surface area contributed by atoms with Crippen molar-refractivity contribution in [2.45, 2.75) is 6.04 Å². The lowest BCUT2D eigenvalue weighted by Gasteiger charge is -2.26. The quantitative estimate of drug-likeness (QED) is 0.448. The number of rotatable bonds is 8.